The number of aromatic nitrogens is 3. The first-order valence-electron chi connectivity index (χ1n) is 12.5. The molecule has 1 aromatic carbocycles. The molecule has 1 N–H and O–H groups in total. The molecule has 4 rings (SSSR count). The lowest BCUT2D eigenvalue weighted by Crippen LogP contribution is -2.36. The van der Waals surface area contributed by atoms with Crippen LogP contribution >= 0.6 is 23.2 Å². The maximum Gasteiger partial charge on any atom is 0.410 e. The highest BCUT2D eigenvalue weighted by atomic mass is 35.5. The number of nitrogens with one attached hydrogen (secondary N) is 1. The predicted molar refractivity (Wildman–Crippen MR) is 145 cm³/mol. The van der Waals surface area contributed by atoms with Crippen LogP contribution in [0.15, 0.2) is 42.6 Å². The van der Waals surface area contributed by atoms with Crippen LogP contribution in [0.4, 0.5) is 15.0 Å². The van der Waals surface area contributed by atoms with Gasteiger partial charge in [-0.05, 0) is 43.2 Å². The summed E-state index contributed by atoms with van der Waals surface area (Å²) in [4.78, 5) is 28.3. The third-order valence-corrected chi connectivity index (χ3v) is 6.77. The van der Waals surface area contributed by atoms with Crippen LogP contribution in [0, 0.1) is 0 Å². The van der Waals surface area contributed by atoms with Crippen LogP contribution in [-0.2, 0) is 28.9 Å². The topological polar surface area (TPSA) is 89.5 Å². The van der Waals surface area contributed by atoms with Crippen LogP contribution in [0.1, 0.15) is 30.9 Å². The molecular formula is C27H30Cl2FN5O3. The van der Waals surface area contributed by atoms with E-state index in [-0.39, 0.29) is 25.8 Å². The molecule has 38 heavy (non-hydrogen) atoms. The minimum Gasteiger partial charge on any atom is -0.443 e. The minimum atomic E-state index is -0.621. The van der Waals surface area contributed by atoms with Crippen LogP contribution in [0.25, 0.3) is 11.3 Å². The van der Waals surface area contributed by atoms with Crippen molar-refractivity contribution in [2.45, 2.75) is 45.4 Å². The number of hydrogen-bond donors (Lipinski definition) is 1. The lowest BCUT2D eigenvalue weighted by Gasteiger charge is -2.22. The van der Waals surface area contributed by atoms with Gasteiger partial charge in [-0.2, -0.15) is 0 Å². The number of amides is 1. The number of carbonyl (C=O) groups excluding carboxylic acids is 1. The number of likely N-dealkylation sites (tertiary alicyclic amines) is 1. The van der Waals surface area contributed by atoms with Crippen LogP contribution < -0.4 is 5.32 Å². The van der Waals surface area contributed by atoms with Crippen LogP contribution in [0.3, 0.4) is 0 Å². The SMILES string of the molecule is CCc1nc(-c2ccc(Cl)cc2Cl)c(CC)nc1NC1CN(C(=O)OCc2ccccn2)CC1OCCF. The highest BCUT2D eigenvalue weighted by Crippen LogP contribution is 2.33. The van der Waals surface area contributed by atoms with Gasteiger partial charge in [0.25, 0.3) is 0 Å². The number of ether oxygens (including phenoxy) is 2. The van der Waals surface area contributed by atoms with Crippen molar-refractivity contribution in [1.29, 1.82) is 0 Å². The van der Waals surface area contributed by atoms with E-state index in [4.69, 9.17) is 42.6 Å². The molecule has 0 bridgehead atoms. The maximum atomic E-state index is 12.9. The summed E-state index contributed by atoms with van der Waals surface area (Å²) in [6.07, 6.45) is 1.94. The van der Waals surface area contributed by atoms with E-state index in [1.807, 2.05) is 26.0 Å². The number of rotatable bonds is 10. The fraction of sp³-hybridized carbons (Fsp3) is 0.407. The molecule has 2 aromatic heterocycles. The predicted octanol–water partition coefficient (Wildman–Crippen LogP) is 5.76. The smallest absolute Gasteiger partial charge is 0.410 e. The van der Waals surface area contributed by atoms with E-state index >= 15 is 0 Å². The van der Waals surface area contributed by atoms with Gasteiger partial charge in [-0.1, -0.05) is 43.1 Å². The van der Waals surface area contributed by atoms with Gasteiger partial charge < -0.3 is 19.7 Å². The summed E-state index contributed by atoms with van der Waals surface area (Å²) in [6.45, 7) is 3.91. The van der Waals surface area contributed by atoms with E-state index in [1.54, 1.807) is 35.4 Å². The monoisotopic (exact) mass is 561 g/mol. The minimum absolute atomic E-state index is 0.0598. The van der Waals surface area contributed by atoms with Crippen molar-refractivity contribution in [2.24, 2.45) is 0 Å². The molecule has 2 atom stereocenters. The van der Waals surface area contributed by atoms with Gasteiger partial charge in [-0.3, -0.25) is 4.98 Å². The molecule has 2 unspecified atom stereocenters. The van der Waals surface area contributed by atoms with Crippen LogP contribution in [0.2, 0.25) is 10.0 Å². The number of aryl methyl sites for hydroxylation is 2. The van der Waals surface area contributed by atoms with E-state index in [9.17, 15) is 9.18 Å². The molecule has 0 spiro atoms. The van der Waals surface area contributed by atoms with Gasteiger partial charge in [0.2, 0.25) is 0 Å². The van der Waals surface area contributed by atoms with Crippen molar-refractivity contribution in [3.63, 3.8) is 0 Å². The Hall–Kier alpha value is -3.01. The molecule has 8 nitrogen and oxygen atoms in total. The molecule has 1 fully saturated rings. The Labute approximate surface area is 231 Å². The first-order valence-corrected chi connectivity index (χ1v) is 13.3. The highest BCUT2D eigenvalue weighted by molar-refractivity contribution is 6.36. The average molecular weight is 562 g/mol. The second-order valence-electron chi connectivity index (χ2n) is 8.78. The Morgan fingerprint density at radius 1 is 1.13 bits per heavy atom. The Morgan fingerprint density at radius 2 is 1.95 bits per heavy atom. The summed E-state index contributed by atoms with van der Waals surface area (Å²) in [5, 5.41) is 4.46. The fourth-order valence-electron chi connectivity index (χ4n) is 4.32. The Balaban J connectivity index is 1.54. The standard InChI is InChI=1S/C27H30Cl2FN5O3/c1-3-21-25(19-9-8-17(28)13-20(19)29)32-22(4-2)26(33-21)34-23-14-35(15-24(23)37-12-10-30)27(36)38-16-18-7-5-6-11-31-18/h5-9,11,13,23-24H,3-4,10,12,14-16H2,1-2H3,(H,33,34). The summed E-state index contributed by atoms with van der Waals surface area (Å²) < 4.78 is 24.1. The fourth-order valence-corrected chi connectivity index (χ4v) is 4.82. The van der Waals surface area contributed by atoms with Crippen molar-refractivity contribution in [1.82, 2.24) is 19.9 Å². The molecule has 0 aliphatic carbocycles. The molecule has 1 aliphatic heterocycles. The molecule has 11 heteroatoms. The summed E-state index contributed by atoms with van der Waals surface area (Å²) in [7, 11) is 0. The lowest BCUT2D eigenvalue weighted by molar-refractivity contribution is 0.0423. The molecule has 1 aliphatic rings. The zero-order valence-electron chi connectivity index (χ0n) is 21.3. The number of benzene rings is 1. The molecule has 3 aromatic rings. The number of hydrogen-bond acceptors (Lipinski definition) is 7. The van der Waals surface area contributed by atoms with Crippen LogP contribution in [0.5, 0.6) is 0 Å². The molecular weight excluding hydrogens is 532 g/mol. The first kappa shape index (κ1) is 28.0. The van der Waals surface area contributed by atoms with Crippen molar-refractivity contribution < 1.29 is 18.7 Å². The largest absolute Gasteiger partial charge is 0.443 e. The zero-order valence-corrected chi connectivity index (χ0v) is 22.8. The highest BCUT2D eigenvalue weighted by Gasteiger charge is 2.37. The Bertz CT molecular complexity index is 1250. The number of anilines is 1. The lowest BCUT2D eigenvalue weighted by atomic mass is 10.1. The van der Waals surface area contributed by atoms with Crippen molar-refractivity contribution >= 4 is 35.1 Å². The van der Waals surface area contributed by atoms with Gasteiger partial charge in [0.1, 0.15) is 19.1 Å². The van der Waals surface area contributed by atoms with E-state index < -0.39 is 18.9 Å². The average Bonchev–Trinajstić information content (AvgIpc) is 3.33. The van der Waals surface area contributed by atoms with Gasteiger partial charge in [0, 0.05) is 23.3 Å². The van der Waals surface area contributed by atoms with Gasteiger partial charge >= 0.3 is 6.09 Å². The summed E-state index contributed by atoms with van der Waals surface area (Å²) in [6, 6.07) is 10.4. The molecule has 0 radical (unpaired) electrons. The Kier molecular flexibility index (Phi) is 9.71. The number of alkyl halides is 1. The third kappa shape index (κ3) is 6.70. The molecule has 1 saturated heterocycles. The third-order valence-electron chi connectivity index (χ3n) is 6.22. The quantitative estimate of drug-likeness (QED) is 0.336. The van der Waals surface area contributed by atoms with E-state index in [1.165, 1.54) is 0 Å². The van der Waals surface area contributed by atoms with Gasteiger partial charge in [-0.25, -0.2) is 19.2 Å². The van der Waals surface area contributed by atoms with Crippen molar-refractivity contribution in [3.05, 3.63) is 69.7 Å². The second kappa shape index (κ2) is 13.2. The number of pyridine rings is 1. The zero-order chi connectivity index (χ0) is 27.1. The van der Waals surface area contributed by atoms with E-state index in [0.717, 1.165) is 17.0 Å². The van der Waals surface area contributed by atoms with Gasteiger partial charge in [-0.15, -0.1) is 0 Å². The molecule has 1 amide bonds. The molecule has 0 saturated carbocycles. The first-order chi connectivity index (χ1) is 18.4. The second-order valence-corrected chi connectivity index (χ2v) is 9.62. The molecule has 202 valence electrons. The van der Waals surface area contributed by atoms with E-state index in [2.05, 4.69) is 10.3 Å². The number of nitrogens with zero attached hydrogens (tertiary/aromatic N) is 4. The summed E-state index contributed by atoms with van der Waals surface area (Å²) in [5.74, 6) is 0.598. The number of halogens is 3. The number of carbonyl (C=O) groups is 1. The van der Waals surface area contributed by atoms with E-state index in [0.29, 0.717) is 46.6 Å². The summed E-state index contributed by atoms with van der Waals surface area (Å²) >= 11 is 12.6. The van der Waals surface area contributed by atoms with Crippen LogP contribution in [-0.4, -0.2) is 64.5 Å². The van der Waals surface area contributed by atoms with Crippen molar-refractivity contribution in [2.75, 3.05) is 31.7 Å². The van der Waals surface area contributed by atoms with Crippen molar-refractivity contribution in [3.8, 4) is 11.3 Å². The summed E-state index contributed by atoms with van der Waals surface area (Å²) in [5.41, 5.74) is 3.61. The van der Waals surface area contributed by atoms with Gasteiger partial charge in [0.05, 0.1) is 53.1 Å². The van der Waals surface area contributed by atoms with Gasteiger partial charge in [0.15, 0.2) is 0 Å². The maximum absolute atomic E-state index is 12.9. The Morgan fingerprint density at radius 3 is 2.63 bits per heavy atom. The normalized spacial score (nSPS) is 17.0. The molecule has 3 heterocycles.